The standard InChI is InChI=1S/C20H16F2N6O2/c1-11-5-6-13(17-26-19(30-27-17)12-8-20(21,22)9-12)24-16(11)25-18(29)14-10-23-15-4-2-3-7-28(14)15/h2-7,10,12H,8-9H2,1H3,(H,24,25,29). The van der Waals surface area contributed by atoms with Crippen LogP contribution in [0.15, 0.2) is 47.2 Å². The molecule has 0 unspecified atom stereocenters. The van der Waals surface area contributed by atoms with Crippen LogP contribution in [0.4, 0.5) is 14.6 Å². The third-order valence-corrected chi connectivity index (χ3v) is 5.09. The molecule has 30 heavy (non-hydrogen) atoms. The molecule has 5 rings (SSSR count). The van der Waals surface area contributed by atoms with Crippen LogP contribution in [0, 0.1) is 6.92 Å². The number of fused-ring (bicyclic) bond motifs is 1. The van der Waals surface area contributed by atoms with Gasteiger partial charge in [0.15, 0.2) is 0 Å². The van der Waals surface area contributed by atoms with Crippen molar-refractivity contribution in [3.63, 3.8) is 0 Å². The molecule has 10 heteroatoms. The number of halogens is 2. The van der Waals surface area contributed by atoms with Gasteiger partial charge in [-0.1, -0.05) is 17.3 Å². The molecule has 1 aliphatic rings. The summed E-state index contributed by atoms with van der Waals surface area (Å²) in [6.07, 6.45) is 2.65. The van der Waals surface area contributed by atoms with Crippen LogP contribution < -0.4 is 5.32 Å². The second kappa shape index (κ2) is 6.68. The highest BCUT2D eigenvalue weighted by atomic mass is 19.3. The Morgan fingerprint density at radius 1 is 1.23 bits per heavy atom. The van der Waals surface area contributed by atoms with E-state index < -0.39 is 11.8 Å². The predicted octanol–water partition coefficient (Wildman–Crippen LogP) is 3.85. The molecular weight excluding hydrogens is 394 g/mol. The smallest absolute Gasteiger partial charge is 0.275 e. The molecule has 1 amide bonds. The molecule has 8 nitrogen and oxygen atoms in total. The van der Waals surface area contributed by atoms with E-state index in [-0.39, 0.29) is 30.5 Å². The van der Waals surface area contributed by atoms with Gasteiger partial charge in [0, 0.05) is 25.0 Å². The summed E-state index contributed by atoms with van der Waals surface area (Å²) < 4.78 is 33.0. The van der Waals surface area contributed by atoms with Gasteiger partial charge in [-0.25, -0.2) is 18.7 Å². The van der Waals surface area contributed by atoms with Gasteiger partial charge < -0.3 is 9.84 Å². The predicted molar refractivity (Wildman–Crippen MR) is 102 cm³/mol. The Hall–Kier alpha value is -3.69. The van der Waals surface area contributed by atoms with Gasteiger partial charge in [0.05, 0.1) is 6.20 Å². The Balaban J connectivity index is 1.39. The number of rotatable bonds is 4. The molecule has 0 saturated heterocycles. The van der Waals surface area contributed by atoms with E-state index in [4.69, 9.17) is 4.52 Å². The Morgan fingerprint density at radius 3 is 2.87 bits per heavy atom. The van der Waals surface area contributed by atoms with Crippen LogP contribution in [0.25, 0.3) is 17.2 Å². The van der Waals surface area contributed by atoms with E-state index >= 15 is 0 Å². The zero-order valence-electron chi connectivity index (χ0n) is 15.8. The number of carbonyl (C=O) groups excluding carboxylic acids is 1. The van der Waals surface area contributed by atoms with Gasteiger partial charge in [0.2, 0.25) is 17.6 Å². The van der Waals surface area contributed by atoms with Crippen LogP contribution in [-0.4, -0.2) is 36.3 Å². The summed E-state index contributed by atoms with van der Waals surface area (Å²) in [5.74, 6) is -2.78. The first-order valence-electron chi connectivity index (χ1n) is 9.32. The lowest BCUT2D eigenvalue weighted by atomic mass is 9.81. The maximum atomic E-state index is 13.1. The van der Waals surface area contributed by atoms with Crippen molar-refractivity contribution >= 4 is 17.4 Å². The van der Waals surface area contributed by atoms with Gasteiger partial charge in [0.25, 0.3) is 5.91 Å². The van der Waals surface area contributed by atoms with Crippen molar-refractivity contribution in [2.45, 2.75) is 31.6 Å². The Labute approximate surface area is 169 Å². The molecule has 4 heterocycles. The molecule has 1 fully saturated rings. The van der Waals surface area contributed by atoms with Gasteiger partial charge >= 0.3 is 0 Å². The highest BCUT2D eigenvalue weighted by molar-refractivity contribution is 6.03. The van der Waals surface area contributed by atoms with Gasteiger partial charge in [-0.15, -0.1) is 0 Å². The summed E-state index contributed by atoms with van der Waals surface area (Å²) in [5, 5.41) is 6.64. The van der Waals surface area contributed by atoms with E-state index in [1.807, 2.05) is 6.07 Å². The fourth-order valence-electron chi connectivity index (χ4n) is 3.39. The molecule has 0 spiro atoms. The second-order valence-corrected chi connectivity index (χ2v) is 7.31. The van der Waals surface area contributed by atoms with E-state index in [1.165, 1.54) is 6.20 Å². The summed E-state index contributed by atoms with van der Waals surface area (Å²) in [7, 11) is 0. The van der Waals surface area contributed by atoms with Crippen molar-refractivity contribution in [1.82, 2.24) is 24.5 Å². The molecule has 1 N–H and O–H groups in total. The maximum Gasteiger partial charge on any atom is 0.275 e. The first-order valence-corrected chi connectivity index (χ1v) is 9.32. The number of hydrogen-bond donors (Lipinski definition) is 1. The average molecular weight is 410 g/mol. The lowest BCUT2D eigenvalue weighted by molar-refractivity contribution is -0.0925. The number of hydrogen-bond acceptors (Lipinski definition) is 6. The normalized spacial score (nSPS) is 15.8. The van der Waals surface area contributed by atoms with Gasteiger partial charge in [-0.2, -0.15) is 4.98 Å². The highest BCUT2D eigenvalue weighted by Gasteiger charge is 2.48. The van der Waals surface area contributed by atoms with E-state index in [1.54, 1.807) is 41.8 Å². The van der Waals surface area contributed by atoms with Crippen molar-refractivity contribution in [1.29, 1.82) is 0 Å². The summed E-state index contributed by atoms with van der Waals surface area (Å²) in [5.41, 5.74) is 2.13. The quantitative estimate of drug-likeness (QED) is 0.549. The summed E-state index contributed by atoms with van der Waals surface area (Å²) in [4.78, 5) is 25.6. The van der Waals surface area contributed by atoms with E-state index in [0.29, 0.717) is 22.9 Å². The number of carbonyl (C=O) groups is 1. The molecule has 0 bridgehead atoms. The topological polar surface area (TPSA) is 98.2 Å². The minimum atomic E-state index is -2.67. The summed E-state index contributed by atoms with van der Waals surface area (Å²) in [6, 6.07) is 8.89. The zero-order chi connectivity index (χ0) is 20.9. The second-order valence-electron chi connectivity index (χ2n) is 7.31. The molecule has 0 atom stereocenters. The Morgan fingerprint density at radius 2 is 2.07 bits per heavy atom. The monoisotopic (exact) mass is 410 g/mol. The van der Waals surface area contributed by atoms with Crippen LogP contribution in [-0.2, 0) is 0 Å². The van der Waals surface area contributed by atoms with Crippen LogP contribution >= 0.6 is 0 Å². The number of alkyl halides is 2. The summed E-state index contributed by atoms with van der Waals surface area (Å²) >= 11 is 0. The zero-order valence-corrected chi connectivity index (χ0v) is 15.8. The van der Waals surface area contributed by atoms with E-state index in [2.05, 4.69) is 25.4 Å². The maximum absolute atomic E-state index is 13.1. The Bertz CT molecular complexity index is 1260. The van der Waals surface area contributed by atoms with Crippen molar-refractivity contribution in [3.8, 4) is 11.5 Å². The number of nitrogens with zero attached hydrogens (tertiary/aromatic N) is 5. The molecule has 1 aliphatic carbocycles. The molecule has 0 aromatic carbocycles. The van der Waals surface area contributed by atoms with E-state index in [9.17, 15) is 13.6 Å². The van der Waals surface area contributed by atoms with Crippen LogP contribution in [0.5, 0.6) is 0 Å². The lowest BCUT2D eigenvalue weighted by Gasteiger charge is -2.31. The molecular formula is C20H16F2N6O2. The first-order chi connectivity index (χ1) is 14.4. The molecule has 152 valence electrons. The van der Waals surface area contributed by atoms with Crippen LogP contribution in [0.2, 0.25) is 0 Å². The number of aromatic nitrogens is 5. The van der Waals surface area contributed by atoms with E-state index in [0.717, 1.165) is 5.56 Å². The fourth-order valence-corrected chi connectivity index (χ4v) is 3.39. The van der Waals surface area contributed by atoms with Gasteiger partial charge in [-0.3, -0.25) is 9.20 Å². The summed E-state index contributed by atoms with van der Waals surface area (Å²) in [6.45, 7) is 1.80. The number of aryl methyl sites for hydroxylation is 1. The number of pyridine rings is 2. The number of anilines is 1. The number of nitrogens with one attached hydrogen (secondary N) is 1. The van der Waals surface area contributed by atoms with Crippen LogP contribution in [0.3, 0.4) is 0 Å². The largest absolute Gasteiger partial charge is 0.339 e. The minimum absolute atomic E-state index is 0.176. The number of imidazole rings is 1. The fraction of sp³-hybridized carbons (Fsp3) is 0.250. The molecule has 4 aromatic heterocycles. The van der Waals surface area contributed by atoms with Crippen LogP contribution in [0.1, 0.15) is 40.7 Å². The first kappa shape index (κ1) is 18.3. The lowest BCUT2D eigenvalue weighted by Crippen LogP contribution is -2.33. The molecule has 0 aliphatic heterocycles. The van der Waals surface area contributed by atoms with Crippen molar-refractivity contribution in [2.75, 3.05) is 5.32 Å². The minimum Gasteiger partial charge on any atom is -0.339 e. The molecule has 0 radical (unpaired) electrons. The number of amides is 1. The van der Waals surface area contributed by atoms with Crippen molar-refractivity contribution < 1.29 is 18.1 Å². The van der Waals surface area contributed by atoms with Gasteiger partial charge in [-0.05, 0) is 30.7 Å². The van der Waals surface area contributed by atoms with Crippen molar-refractivity contribution in [2.24, 2.45) is 0 Å². The third-order valence-electron chi connectivity index (χ3n) is 5.09. The average Bonchev–Trinajstić information content (AvgIpc) is 3.35. The van der Waals surface area contributed by atoms with Gasteiger partial charge in [0.1, 0.15) is 22.9 Å². The van der Waals surface area contributed by atoms with Crippen molar-refractivity contribution in [3.05, 3.63) is 59.9 Å². The SMILES string of the molecule is Cc1ccc(-c2noc(C3CC(F)(F)C3)n2)nc1NC(=O)c1cnc2ccccn12. The molecule has 1 saturated carbocycles. The Kier molecular flexibility index (Phi) is 4.09. The molecule has 4 aromatic rings. The third kappa shape index (κ3) is 3.19. The highest BCUT2D eigenvalue weighted by Crippen LogP contribution is 2.47.